The fourth-order valence-corrected chi connectivity index (χ4v) is 2.32. The predicted molar refractivity (Wildman–Crippen MR) is 67.8 cm³/mol. The van der Waals surface area contributed by atoms with E-state index in [4.69, 9.17) is 5.26 Å². The van der Waals surface area contributed by atoms with Gasteiger partial charge in [0.1, 0.15) is 5.82 Å². The molecule has 4 heteroatoms. The third kappa shape index (κ3) is 3.52. The van der Waals surface area contributed by atoms with Crippen molar-refractivity contribution in [3.8, 4) is 6.07 Å². The van der Waals surface area contributed by atoms with E-state index in [1.165, 1.54) is 18.9 Å². The van der Waals surface area contributed by atoms with Crippen molar-refractivity contribution in [3.63, 3.8) is 0 Å². The van der Waals surface area contributed by atoms with E-state index in [0.29, 0.717) is 16.9 Å². The van der Waals surface area contributed by atoms with Crippen LogP contribution in [0, 0.1) is 17.1 Å². The lowest BCUT2D eigenvalue weighted by molar-refractivity contribution is 0.261. The van der Waals surface area contributed by atoms with Gasteiger partial charge in [0, 0.05) is 25.6 Å². The van der Waals surface area contributed by atoms with Crippen molar-refractivity contribution >= 4 is 15.9 Å². The highest BCUT2D eigenvalue weighted by Gasteiger charge is 2.28. The van der Waals surface area contributed by atoms with Gasteiger partial charge in [-0.05, 0) is 46.5 Å². The van der Waals surface area contributed by atoms with Crippen molar-refractivity contribution < 1.29 is 4.39 Å². The first-order valence-corrected chi connectivity index (χ1v) is 6.55. The third-order valence-corrected chi connectivity index (χ3v) is 3.55. The van der Waals surface area contributed by atoms with Crippen LogP contribution in [0.4, 0.5) is 4.39 Å². The van der Waals surface area contributed by atoms with Gasteiger partial charge in [0.15, 0.2) is 0 Å². The van der Waals surface area contributed by atoms with Crippen LogP contribution in [-0.4, -0.2) is 17.5 Å². The first kappa shape index (κ1) is 12.5. The number of hydrogen-bond donors (Lipinski definition) is 0. The van der Waals surface area contributed by atoms with Gasteiger partial charge in [-0.15, -0.1) is 0 Å². The van der Waals surface area contributed by atoms with Gasteiger partial charge in [-0.2, -0.15) is 5.26 Å². The highest BCUT2D eigenvalue weighted by molar-refractivity contribution is 9.10. The second kappa shape index (κ2) is 5.61. The number of benzene rings is 1. The number of hydrogen-bond acceptors (Lipinski definition) is 2. The minimum absolute atomic E-state index is 0.233. The van der Waals surface area contributed by atoms with Gasteiger partial charge in [0.05, 0.1) is 10.5 Å². The van der Waals surface area contributed by atoms with Crippen molar-refractivity contribution in [1.29, 1.82) is 5.26 Å². The van der Waals surface area contributed by atoms with Crippen LogP contribution < -0.4 is 0 Å². The summed E-state index contributed by atoms with van der Waals surface area (Å²) in [5.74, 6) is -0.233. The van der Waals surface area contributed by atoms with E-state index in [0.717, 1.165) is 18.7 Å². The summed E-state index contributed by atoms with van der Waals surface area (Å²) in [6.45, 7) is 1.60. The van der Waals surface area contributed by atoms with Gasteiger partial charge in [-0.1, -0.05) is 6.07 Å². The summed E-state index contributed by atoms with van der Waals surface area (Å²) in [7, 11) is 0. The van der Waals surface area contributed by atoms with Gasteiger partial charge in [-0.3, -0.25) is 4.90 Å². The van der Waals surface area contributed by atoms with E-state index in [-0.39, 0.29) is 5.82 Å². The van der Waals surface area contributed by atoms with Gasteiger partial charge in [-0.25, -0.2) is 4.39 Å². The fraction of sp³-hybridized carbons (Fsp3) is 0.462. The molecule has 0 heterocycles. The normalized spacial score (nSPS) is 14.9. The Hall–Kier alpha value is -0.920. The van der Waals surface area contributed by atoms with E-state index in [9.17, 15) is 4.39 Å². The molecule has 0 N–H and O–H groups in total. The molecule has 0 spiro atoms. The lowest BCUT2D eigenvalue weighted by Crippen LogP contribution is -2.26. The molecule has 2 rings (SSSR count). The number of nitriles is 1. The molecule has 1 aromatic carbocycles. The van der Waals surface area contributed by atoms with Gasteiger partial charge >= 0.3 is 0 Å². The summed E-state index contributed by atoms with van der Waals surface area (Å²) in [5, 5.41) is 8.63. The Kier molecular flexibility index (Phi) is 4.14. The molecule has 17 heavy (non-hydrogen) atoms. The van der Waals surface area contributed by atoms with E-state index in [1.807, 2.05) is 12.1 Å². The summed E-state index contributed by atoms with van der Waals surface area (Å²) in [4.78, 5) is 2.31. The van der Waals surface area contributed by atoms with E-state index >= 15 is 0 Å². The first-order valence-electron chi connectivity index (χ1n) is 5.75. The van der Waals surface area contributed by atoms with Crippen molar-refractivity contribution in [3.05, 3.63) is 34.1 Å². The fourth-order valence-electron chi connectivity index (χ4n) is 1.90. The zero-order valence-corrected chi connectivity index (χ0v) is 11.1. The van der Waals surface area contributed by atoms with Crippen LogP contribution >= 0.6 is 15.9 Å². The molecule has 2 nitrogen and oxygen atoms in total. The molecule has 0 unspecified atom stereocenters. The Morgan fingerprint density at radius 3 is 2.82 bits per heavy atom. The number of nitrogens with zero attached hydrogens (tertiary/aromatic N) is 2. The maximum absolute atomic E-state index is 13.1. The molecule has 0 saturated heterocycles. The molecule has 0 radical (unpaired) electrons. The van der Waals surface area contributed by atoms with Crippen molar-refractivity contribution in [2.45, 2.75) is 31.8 Å². The van der Waals surface area contributed by atoms with Crippen LogP contribution in [0.25, 0.3) is 0 Å². The van der Waals surface area contributed by atoms with Crippen LogP contribution in [0.3, 0.4) is 0 Å². The summed E-state index contributed by atoms with van der Waals surface area (Å²) >= 11 is 3.20. The molecule has 0 aliphatic heterocycles. The lowest BCUT2D eigenvalue weighted by Gasteiger charge is -2.20. The topological polar surface area (TPSA) is 27.0 Å². The molecule has 90 valence electrons. The third-order valence-electron chi connectivity index (χ3n) is 2.94. The smallest absolute Gasteiger partial charge is 0.137 e. The predicted octanol–water partition coefficient (Wildman–Crippen LogP) is 3.47. The van der Waals surface area contributed by atoms with Crippen LogP contribution in [0.5, 0.6) is 0 Å². The minimum atomic E-state index is -0.233. The minimum Gasteiger partial charge on any atom is -0.295 e. The summed E-state index contributed by atoms with van der Waals surface area (Å²) in [6.07, 6.45) is 2.99. The van der Waals surface area contributed by atoms with Crippen molar-refractivity contribution in [2.75, 3.05) is 6.54 Å². The molecule has 1 aliphatic carbocycles. The summed E-state index contributed by atoms with van der Waals surface area (Å²) in [6, 6.07) is 7.90. The Morgan fingerprint density at radius 2 is 2.24 bits per heavy atom. The maximum atomic E-state index is 13.1. The lowest BCUT2D eigenvalue weighted by atomic mass is 10.2. The Labute approximate surface area is 109 Å². The highest BCUT2D eigenvalue weighted by Crippen LogP contribution is 2.29. The maximum Gasteiger partial charge on any atom is 0.137 e. The zero-order valence-electron chi connectivity index (χ0n) is 9.50. The van der Waals surface area contributed by atoms with E-state index in [1.54, 1.807) is 0 Å². The molecular formula is C13H14BrFN2. The SMILES string of the molecule is N#CCCN(Cc1ccc(F)c(Br)c1)C1CC1. The molecule has 1 fully saturated rings. The molecule has 1 aromatic rings. The van der Waals surface area contributed by atoms with Crippen LogP contribution in [0.1, 0.15) is 24.8 Å². The molecule has 0 bridgehead atoms. The second-order valence-electron chi connectivity index (χ2n) is 4.36. The molecule has 1 aliphatic rings. The van der Waals surface area contributed by atoms with Crippen LogP contribution in [0.2, 0.25) is 0 Å². The Balaban J connectivity index is 2.01. The summed E-state index contributed by atoms with van der Waals surface area (Å²) < 4.78 is 13.6. The van der Waals surface area contributed by atoms with E-state index in [2.05, 4.69) is 26.9 Å². The molecule has 1 saturated carbocycles. The monoisotopic (exact) mass is 296 g/mol. The Morgan fingerprint density at radius 1 is 1.47 bits per heavy atom. The summed E-state index contributed by atoms with van der Waals surface area (Å²) in [5.41, 5.74) is 1.09. The average Bonchev–Trinajstić information content (AvgIpc) is 3.13. The van der Waals surface area contributed by atoms with Crippen molar-refractivity contribution in [2.24, 2.45) is 0 Å². The molecule has 0 atom stereocenters. The van der Waals surface area contributed by atoms with Gasteiger partial charge in [0.25, 0.3) is 0 Å². The molecule has 0 aromatic heterocycles. The quantitative estimate of drug-likeness (QED) is 0.832. The van der Waals surface area contributed by atoms with Crippen molar-refractivity contribution in [1.82, 2.24) is 4.90 Å². The molecular weight excluding hydrogens is 283 g/mol. The molecule has 0 amide bonds. The first-order chi connectivity index (χ1) is 8.20. The van der Waals surface area contributed by atoms with Gasteiger partial charge in [0.2, 0.25) is 0 Å². The average molecular weight is 297 g/mol. The number of rotatable bonds is 5. The largest absolute Gasteiger partial charge is 0.295 e. The number of halogens is 2. The highest BCUT2D eigenvalue weighted by atomic mass is 79.9. The van der Waals surface area contributed by atoms with Gasteiger partial charge < -0.3 is 0 Å². The second-order valence-corrected chi connectivity index (χ2v) is 5.21. The standard InChI is InChI=1S/C13H14BrFN2/c14-12-8-10(2-5-13(12)15)9-17(7-1-6-16)11-3-4-11/h2,5,8,11H,1,3-4,7,9H2. The van der Waals surface area contributed by atoms with Crippen LogP contribution in [0.15, 0.2) is 22.7 Å². The zero-order chi connectivity index (χ0) is 12.3. The van der Waals surface area contributed by atoms with Crippen LogP contribution in [-0.2, 0) is 6.54 Å². The van der Waals surface area contributed by atoms with E-state index < -0.39 is 0 Å². The Bertz CT molecular complexity index is 438.